The van der Waals surface area contributed by atoms with Crippen LogP contribution in [0.25, 0.3) is 0 Å². The van der Waals surface area contributed by atoms with E-state index in [2.05, 4.69) is 10.7 Å². The Balaban J connectivity index is 1.95. The van der Waals surface area contributed by atoms with Crippen molar-refractivity contribution in [3.63, 3.8) is 0 Å². The van der Waals surface area contributed by atoms with Crippen LogP contribution in [0, 0.1) is 0 Å². The minimum Gasteiger partial charge on any atom is -0.320 e. The van der Waals surface area contributed by atoms with E-state index in [0.717, 1.165) is 5.01 Å². The van der Waals surface area contributed by atoms with E-state index in [4.69, 9.17) is 36.0 Å². The molecule has 1 heterocycles. The van der Waals surface area contributed by atoms with Crippen molar-refractivity contribution in [3.05, 3.63) is 29.3 Å². The number of halogens is 1. The molecule has 1 aliphatic rings. The standard InChI is InChI=1S/C11H8ClN3O2S3/c12-6-1-3-7(4-2-6)13-9(17)10(18)14-15-8(16)5-20-11(15)19/h1-4H,5H2,(H,13,17)(H,14,18). The molecule has 0 aromatic heterocycles. The Labute approximate surface area is 135 Å². The fourth-order valence-corrected chi connectivity index (χ4v) is 2.58. The molecule has 0 bridgehead atoms. The van der Waals surface area contributed by atoms with Gasteiger partial charge in [0.25, 0.3) is 11.8 Å². The number of anilines is 1. The highest BCUT2D eigenvalue weighted by Gasteiger charge is 2.28. The number of hydrazine groups is 1. The molecule has 1 aromatic carbocycles. The summed E-state index contributed by atoms with van der Waals surface area (Å²) in [6.07, 6.45) is 0. The van der Waals surface area contributed by atoms with E-state index in [-0.39, 0.29) is 16.6 Å². The summed E-state index contributed by atoms with van der Waals surface area (Å²) in [4.78, 5) is 23.2. The maximum Gasteiger partial charge on any atom is 0.284 e. The maximum absolute atomic E-state index is 11.9. The Morgan fingerprint density at radius 1 is 1.35 bits per heavy atom. The van der Waals surface area contributed by atoms with E-state index >= 15 is 0 Å². The average Bonchev–Trinajstić information content (AvgIpc) is 2.73. The van der Waals surface area contributed by atoms with Crippen molar-refractivity contribution in [2.45, 2.75) is 0 Å². The Morgan fingerprint density at radius 2 is 2.00 bits per heavy atom. The van der Waals surface area contributed by atoms with Crippen molar-refractivity contribution in [2.75, 3.05) is 11.1 Å². The van der Waals surface area contributed by atoms with Gasteiger partial charge in [0.05, 0.1) is 5.75 Å². The first-order valence-electron chi connectivity index (χ1n) is 5.34. The zero-order chi connectivity index (χ0) is 14.7. The van der Waals surface area contributed by atoms with Gasteiger partial charge in [0.1, 0.15) is 0 Å². The minimum absolute atomic E-state index is 0.141. The molecule has 0 spiro atoms. The lowest BCUT2D eigenvalue weighted by atomic mass is 10.3. The van der Waals surface area contributed by atoms with Gasteiger partial charge in [-0.15, -0.1) is 0 Å². The maximum atomic E-state index is 11.9. The summed E-state index contributed by atoms with van der Waals surface area (Å²) < 4.78 is 0.344. The number of carbonyl (C=O) groups is 2. The van der Waals surface area contributed by atoms with Crippen molar-refractivity contribution >= 4 is 74.6 Å². The van der Waals surface area contributed by atoms with Gasteiger partial charge < -0.3 is 5.32 Å². The largest absolute Gasteiger partial charge is 0.320 e. The van der Waals surface area contributed by atoms with E-state index in [1.54, 1.807) is 24.3 Å². The van der Waals surface area contributed by atoms with E-state index in [0.29, 0.717) is 15.0 Å². The highest BCUT2D eigenvalue weighted by molar-refractivity contribution is 8.23. The number of carbonyl (C=O) groups excluding carboxylic acids is 2. The molecule has 1 fully saturated rings. The predicted molar refractivity (Wildman–Crippen MR) is 87.7 cm³/mol. The molecule has 2 amide bonds. The van der Waals surface area contributed by atoms with Gasteiger partial charge in [-0.1, -0.05) is 47.8 Å². The molecular weight excluding hydrogens is 338 g/mol. The highest BCUT2D eigenvalue weighted by Crippen LogP contribution is 2.17. The van der Waals surface area contributed by atoms with Gasteiger partial charge in [-0.2, -0.15) is 0 Å². The van der Waals surface area contributed by atoms with Gasteiger partial charge in [0.15, 0.2) is 9.31 Å². The minimum atomic E-state index is -0.533. The molecule has 0 unspecified atom stereocenters. The number of thiocarbonyl (C=S) groups is 2. The Hall–Kier alpha value is -1.22. The summed E-state index contributed by atoms with van der Waals surface area (Å²) in [6, 6.07) is 6.57. The van der Waals surface area contributed by atoms with E-state index in [1.807, 2.05) is 0 Å². The van der Waals surface area contributed by atoms with Crippen LogP contribution in [0.4, 0.5) is 5.69 Å². The lowest BCUT2D eigenvalue weighted by molar-refractivity contribution is -0.125. The molecule has 0 saturated carbocycles. The molecular formula is C11H8ClN3O2S3. The number of benzene rings is 1. The summed E-state index contributed by atoms with van der Waals surface area (Å²) in [5, 5.41) is 4.25. The summed E-state index contributed by atoms with van der Waals surface area (Å²) in [6.45, 7) is 0. The highest BCUT2D eigenvalue weighted by atomic mass is 35.5. The number of hydrogen-bond donors (Lipinski definition) is 2. The van der Waals surface area contributed by atoms with E-state index in [1.165, 1.54) is 11.8 Å². The topological polar surface area (TPSA) is 61.4 Å². The van der Waals surface area contributed by atoms with Gasteiger partial charge in [-0.3, -0.25) is 15.0 Å². The fourth-order valence-electron chi connectivity index (χ4n) is 1.34. The van der Waals surface area contributed by atoms with E-state index in [9.17, 15) is 9.59 Å². The Bertz CT molecular complexity index is 575. The Kier molecular flexibility index (Phi) is 4.92. The first-order chi connectivity index (χ1) is 9.47. The van der Waals surface area contributed by atoms with Crippen LogP contribution in [-0.4, -0.2) is 31.9 Å². The molecule has 2 rings (SSSR count). The molecule has 20 heavy (non-hydrogen) atoms. The van der Waals surface area contributed by atoms with Crippen LogP contribution in [0.15, 0.2) is 24.3 Å². The normalized spacial score (nSPS) is 14.3. The van der Waals surface area contributed by atoms with Crippen LogP contribution in [0.1, 0.15) is 0 Å². The zero-order valence-electron chi connectivity index (χ0n) is 9.88. The number of hydrogen-bond acceptors (Lipinski definition) is 5. The zero-order valence-corrected chi connectivity index (χ0v) is 13.1. The Morgan fingerprint density at radius 3 is 2.55 bits per heavy atom. The van der Waals surface area contributed by atoms with Crippen molar-refractivity contribution in [3.8, 4) is 0 Å². The number of amides is 2. The summed E-state index contributed by atoms with van der Waals surface area (Å²) in [7, 11) is 0. The molecule has 2 N–H and O–H groups in total. The first-order valence-corrected chi connectivity index (χ1v) is 7.52. The van der Waals surface area contributed by atoms with E-state index < -0.39 is 5.91 Å². The van der Waals surface area contributed by atoms with Crippen LogP contribution in [0.3, 0.4) is 0 Å². The molecule has 0 aliphatic carbocycles. The number of thioether (sulfide) groups is 1. The van der Waals surface area contributed by atoms with Crippen LogP contribution in [-0.2, 0) is 9.59 Å². The SMILES string of the molecule is O=C(Nc1ccc(Cl)cc1)C(=S)NN1C(=O)CSC1=S. The summed E-state index contributed by atoms with van der Waals surface area (Å²) in [5.41, 5.74) is 3.07. The van der Waals surface area contributed by atoms with Crippen LogP contribution >= 0.6 is 47.8 Å². The molecule has 9 heteroatoms. The smallest absolute Gasteiger partial charge is 0.284 e. The molecule has 5 nitrogen and oxygen atoms in total. The molecule has 1 saturated heterocycles. The lowest BCUT2D eigenvalue weighted by Crippen LogP contribution is -2.48. The van der Waals surface area contributed by atoms with Crippen molar-refractivity contribution in [2.24, 2.45) is 0 Å². The second-order valence-electron chi connectivity index (χ2n) is 3.69. The fraction of sp³-hybridized carbons (Fsp3) is 0.0909. The monoisotopic (exact) mass is 345 g/mol. The third kappa shape index (κ3) is 3.66. The lowest BCUT2D eigenvalue weighted by Gasteiger charge is -2.17. The van der Waals surface area contributed by atoms with Gasteiger partial charge in [-0.25, -0.2) is 5.01 Å². The van der Waals surface area contributed by atoms with Gasteiger partial charge >= 0.3 is 0 Å². The van der Waals surface area contributed by atoms with Gasteiger partial charge in [0.2, 0.25) is 0 Å². The quantitative estimate of drug-likeness (QED) is 0.799. The average molecular weight is 346 g/mol. The molecule has 0 radical (unpaired) electrons. The second-order valence-corrected chi connectivity index (χ2v) is 6.14. The van der Waals surface area contributed by atoms with Crippen LogP contribution < -0.4 is 10.7 Å². The van der Waals surface area contributed by atoms with Crippen molar-refractivity contribution in [1.82, 2.24) is 10.4 Å². The molecule has 1 aliphatic heterocycles. The second kappa shape index (κ2) is 6.49. The third-order valence-corrected chi connectivity index (χ3v) is 4.16. The first kappa shape index (κ1) is 15.2. The van der Waals surface area contributed by atoms with Gasteiger partial charge in [0, 0.05) is 10.7 Å². The van der Waals surface area contributed by atoms with Crippen LogP contribution in [0.2, 0.25) is 5.02 Å². The van der Waals surface area contributed by atoms with Crippen LogP contribution in [0.5, 0.6) is 0 Å². The summed E-state index contributed by atoms with van der Waals surface area (Å²) >= 11 is 16.9. The van der Waals surface area contributed by atoms with Crippen molar-refractivity contribution in [1.29, 1.82) is 0 Å². The molecule has 1 aromatic rings. The number of rotatable bonds is 2. The van der Waals surface area contributed by atoms with Crippen molar-refractivity contribution < 1.29 is 9.59 Å². The van der Waals surface area contributed by atoms with Gasteiger partial charge in [-0.05, 0) is 24.3 Å². The summed E-state index contributed by atoms with van der Waals surface area (Å²) in [5.74, 6) is -0.524. The molecule has 0 atom stereocenters. The molecule has 104 valence electrons. The third-order valence-electron chi connectivity index (χ3n) is 2.27. The number of nitrogens with one attached hydrogen (secondary N) is 2. The predicted octanol–water partition coefficient (Wildman–Crippen LogP) is 1.97. The number of nitrogens with zero attached hydrogens (tertiary/aromatic N) is 1.